The fourth-order valence-electron chi connectivity index (χ4n) is 2.59. The van der Waals surface area contributed by atoms with Gasteiger partial charge in [0.2, 0.25) is 0 Å². The minimum Gasteiger partial charge on any atom is -0.407 e. The Morgan fingerprint density at radius 3 is 2.15 bits per heavy atom. The molecule has 2 rings (SSSR count). The van der Waals surface area contributed by atoms with Crippen LogP contribution in [0.1, 0.15) is 20.3 Å². The number of amides is 1. The summed E-state index contributed by atoms with van der Waals surface area (Å²) in [4.78, 5) is 13.9. The number of carbonyl (C=O) groups is 1. The Balaban J connectivity index is 2.12. The van der Waals surface area contributed by atoms with Gasteiger partial charge in [0.25, 0.3) is 0 Å². The first-order valence-electron chi connectivity index (χ1n) is 6.48. The number of carbonyl (C=O) groups excluding carboxylic acids is 1. The van der Waals surface area contributed by atoms with Crippen LogP contribution in [-0.2, 0) is 0 Å². The van der Waals surface area contributed by atoms with Crippen LogP contribution in [0.3, 0.4) is 0 Å². The first-order chi connectivity index (χ1) is 9.36. The highest BCUT2D eigenvalue weighted by molar-refractivity contribution is 6.40. The molecule has 1 aliphatic rings. The smallest absolute Gasteiger partial charge is 0.407 e. The molecule has 2 unspecified atom stereocenters. The molecule has 1 aromatic rings. The van der Waals surface area contributed by atoms with E-state index in [0.29, 0.717) is 29.9 Å². The van der Waals surface area contributed by atoms with Crippen molar-refractivity contribution in [3.05, 3.63) is 27.2 Å². The average molecular weight is 337 g/mol. The number of ether oxygens (including phenoxy) is 1. The van der Waals surface area contributed by atoms with Crippen molar-refractivity contribution < 1.29 is 9.53 Å². The lowest BCUT2D eigenvalue weighted by atomic mass is 9.92. The van der Waals surface area contributed by atoms with Gasteiger partial charge in [0.15, 0.2) is 5.75 Å². The van der Waals surface area contributed by atoms with E-state index in [4.69, 9.17) is 39.5 Å². The zero-order valence-electron chi connectivity index (χ0n) is 11.3. The van der Waals surface area contributed by atoms with Crippen LogP contribution in [0.2, 0.25) is 15.1 Å². The summed E-state index contributed by atoms with van der Waals surface area (Å²) in [5.74, 6) is 1.08. The molecule has 0 spiro atoms. The molecule has 0 N–H and O–H groups in total. The zero-order chi connectivity index (χ0) is 14.9. The molecule has 1 heterocycles. The Morgan fingerprint density at radius 2 is 1.65 bits per heavy atom. The molecule has 1 aliphatic heterocycles. The van der Waals surface area contributed by atoms with Crippen molar-refractivity contribution >= 4 is 40.9 Å². The second kappa shape index (κ2) is 6.42. The van der Waals surface area contributed by atoms with Gasteiger partial charge in [0.1, 0.15) is 0 Å². The minimum atomic E-state index is -0.422. The topological polar surface area (TPSA) is 29.5 Å². The molecule has 1 aromatic carbocycles. The van der Waals surface area contributed by atoms with Crippen molar-refractivity contribution in [2.75, 3.05) is 13.1 Å². The quantitative estimate of drug-likeness (QED) is 0.712. The van der Waals surface area contributed by atoms with Crippen molar-refractivity contribution in [2.24, 2.45) is 11.8 Å². The van der Waals surface area contributed by atoms with E-state index in [1.165, 1.54) is 12.1 Å². The average Bonchev–Trinajstić information content (AvgIpc) is 2.32. The number of nitrogens with zero attached hydrogens (tertiary/aromatic N) is 1. The number of halogens is 3. The van der Waals surface area contributed by atoms with Crippen molar-refractivity contribution in [1.29, 1.82) is 0 Å². The maximum absolute atomic E-state index is 12.2. The highest BCUT2D eigenvalue weighted by Gasteiger charge is 2.27. The first kappa shape index (κ1) is 15.7. The van der Waals surface area contributed by atoms with Gasteiger partial charge in [-0.25, -0.2) is 4.79 Å². The summed E-state index contributed by atoms with van der Waals surface area (Å²) in [6, 6.07) is 3.00. The number of hydrogen-bond acceptors (Lipinski definition) is 2. The lowest BCUT2D eigenvalue weighted by Crippen LogP contribution is -2.44. The van der Waals surface area contributed by atoms with Crippen LogP contribution in [-0.4, -0.2) is 24.1 Å². The standard InChI is InChI=1S/C14H16Cl3NO2/c1-8-3-9(2)7-18(6-8)14(19)20-13-11(16)4-10(15)5-12(13)17/h4-5,8-9H,3,6-7H2,1-2H3. The fourth-order valence-corrected chi connectivity index (χ4v) is 3.48. The van der Waals surface area contributed by atoms with Crippen LogP contribution in [0, 0.1) is 11.8 Å². The van der Waals surface area contributed by atoms with Gasteiger partial charge in [-0.2, -0.15) is 0 Å². The molecule has 110 valence electrons. The molecule has 0 aliphatic carbocycles. The van der Waals surface area contributed by atoms with E-state index in [0.717, 1.165) is 6.42 Å². The maximum Gasteiger partial charge on any atom is 0.415 e. The van der Waals surface area contributed by atoms with E-state index in [-0.39, 0.29) is 15.8 Å². The summed E-state index contributed by atoms with van der Waals surface area (Å²) in [5.41, 5.74) is 0. The van der Waals surface area contributed by atoms with Crippen LogP contribution < -0.4 is 4.74 Å². The maximum atomic E-state index is 12.2. The summed E-state index contributed by atoms with van der Waals surface area (Å²) >= 11 is 17.8. The van der Waals surface area contributed by atoms with Crippen LogP contribution in [0.4, 0.5) is 4.79 Å². The van der Waals surface area contributed by atoms with Crippen molar-refractivity contribution in [3.63, 3.8) is 0 Å². The van der Waals surface area contributed by atoms with Gasteiger partial charge < -0.3 is 9.64 Å². The number of likely N-dealkylation sites (tertiary alicyclic amines) is 1. The van der Waals surface area contributed by atoms with Gasteiger partial charge in [-0.05, 0) is 30.4 Å². The third-order valence-electron chi connectivity index (χ3n) is 3.28. The van der Waals surface area contributed by atoms with Crippen molar-refractivity contribution in [1.82, 2.24) is 4.90 Å². The minimum absolute atomic E-state index is 0.161. The molecule has 0 radical (unpaired) electrons. The number of piperidine rings is 1. The molecule has 1 fully saturated rings. The molecule has 2 atom stereocenters. The second-order valence-corrected chi connectivity index (χ2v) is 6.67. The lowest BCUT2D eigenvalue weighted by molar-refractivity contribution is 0.112. The summed E-state index contributed by atoms with van der Waals surface area (Å²) in [6.07, 6.45) is 0.696. The molecule has 0 saturated carbocycles. The van der Waals surface area contributed by atoms with E-state index < -0.39 is 6.09 Å². The highest BCUT2D eigenvalue weighted by atomic mass is 35.5. The van der Waals surface area contributed by atoms with E-state index >= 15 is 0 Å². The predicted molar refractivity (Wildman–Crippen MR) is 82.0 cm³/mol. The third-order valence-corrected chi connectivity index (χ3v) is 4.06. The van der Waals surface area contributed by atoms with Gasteiger partial charge >= 0.3 is 6.09 Å². The molecule has 1 amide bonds. The third kappa shape index (κ3) is 3.72. The van der Waals surface area contributed by atoms with Crippen LogP contribution in [0.15, 0.2) is 12.1 Å². The predicted octanol–water partition coefficient (Wildman–Crippen LogP) is 5.12. The number of benzene rings is 1. The van der Waals surface area contributed by atoms with Crippen LogP contribution >= 0.6 is 34.8 Å². The van der Waals surface area contributed by atoms with E-state index in [9.17, 15) is 4.79 Å². The van der Waals surface area contributed by atoms with E-state index in [1.807, 2.05) is 0 Å². The number of rotatable bonds is 1. The molecule has 0 bridgehead atoms. The van der Waals surface area contributed by atoms with E-state index in [1.54, 1.807) is 4.90 Å². The van der Waals surface area contributed by atoms with E-state index in [2.05, 4.69) is 13.8 Å². The number of hydrogen-bond donors (Lipinski definition) is 0. The molecular formula is C14H16Cl3NO2. The molecular weight excluding hydrogens is 321 g/mol. The normalized spacial score (nSPS) is 22.8. The van der Waals surface area contributed by atoms with Crippen molar-refractivity contribution in [3.8, 4) is 5.75 Å². The fraction of sp³-hybridized carbons (Fsp3) is 0.500. The van der Waals surface area contributed by atoms with Gasteiger partial charge in [-0.3, -0.25) is 0 Å². The summed E-state index contributed by atoms with van der Waals surface area (Å²) in [5, 5.41) is 0.864. The van der Waals surface area contributed by atoms with Crippen LogP contribution in [0.25, 0.3) is 0 Å². The lowest BCUT2D eigenvalue weighted by Gasteiger charge is -2.34. The summed E-state index contributed by atoms with van der Waals surface area (Å²) < 4.78 is 5.33. The Morgan fingerprint density at radius 1 is 1.15 bits per heavy atom. The van der Waals surface area contributed by atoms with Crippen LogP contribution in [0.5, 0.6) is 5.75 Å². The van der Waals surface area contributed by atoms with Crippen molar-refractivity contribution in [2.45, 2.75) is 20.3 Å². The Hall–Kier alpha value is -0.640. The van der Waals surface area contributed by atoms with Gasteiger partial charge in [-0.15, -0.1) is 0 Å². The molecule has 6 heteroatoms. The molecule has 3 nitrogen and oxygen atoms in total. The van der Waals surface area contributed by atoms with Gasteiger partial charge in [0, 0.05) is 18.1 Å². The molecule has 1 saturated heterocycles. The Kier molecular flexibility index (Phi) is 5.05. The largest absolute Gasteiger partial charge is 0.415 e. The second-order valence-electron chi connectivity index (χ2n) is 5.42. The van der Waals surface area contributed by atoms with Gasteiger partial charge in [-0.1, -0.05) is 48.7 Å². The van der Waals surface area contributed by atoms with Gasteiger partial charge in [0.05, 0.1) is 10.0 Å². The summed E-state index contributed by atoms with van der Waals surface area (Å²) in [7, 11) is 0. The molecule has 0 aromatic heterocycles. The highest BCUT2D eigenvalue weighted by Crippen LogP contribution is 2.36. The first-order valence-corrected chi connectivity index (χ1v) is 7.61. The molecule has 20 heavy (non-hydrogen) atoms. The zero-order valence-corrected chi connectivity index (χ0v) is 13.6. The Labute approximate surface area is 133 Å². The summed E-state index contributed by atoms with van der Waals surface area (Å²) in [6.45, 7) is 5.62. The Bertz CT molecular complexity index is 488. The monoisotopic (exact) mass is 335 g/mol. The SMILES string of the molecule is CC1CC(C)CN(C(=O)Oc2c(Cl)cc(Cl)cc2Cl)C1.